The van der Waals surface area contributed by atoms with E-state index in [1.165, 1.54) is 0 Å². The molecule has 2 aromatic carbocycles. The van der Waals surface area contributed by atoms with E-state index in [0.717, 1.165) is 5.39 Å². The van der Waals surface area contributed by atoms with Crippen LogP contribution in [0.25, 0.3) is 10.9 Å². The molecule has 0 unspecified atom stereocenters. The van der Waals surface area contributed by atoms with Gasteiger partial charge in [0, 0.05) is 28.4 Å². The van der Waals surface area contributed by atoms with Gasteiger partial charge in [-0.1, -0.05) is 11.6 Å². The maximum atomic E-state index is 9.14. The number of aromatic nitrogens is 1. The van der Waals surface area contributed by atoms with Crippen LogP contribution in [0.3, 0.4) is 0 Å². The van der Waals surface area contributed by atoms with Crippen molar-refractivity contribution in [3.8, 4) is 17.6 Å². The van der Waals surface area contributed by atoms with Crippen molar-refractivity contribution in [1.82, 2.24) is 4.98 Å². The molecule has 0 saturated carbocycles. The molecule has 0 atom stereocenters. The number of halogens is 1. The van der Waals surface area contributed by atoms with Crippen LogP contribution in [0.1, 0.15) is 5.56 Å². The molecule has 0 radical (unpaired) electrons. The molecule has 1 heterocycles. The van der Waals surface area contributed by atoms with E-state index in [-0.39, 0.29) is 0 Å². The van der Waals surface area contributed by atoms with Gasteiger partial charge in [0.2, 0.25) is 0 Å². The molecule has 5 heteroatoms. The highest BCUT2D eigenvalue weighted by atomic mass is 35.5. The Morgan fingerprint density at radius 3 is 2.81 bits per heavy atom. The third-order valence-corrected chi connectivity index (χ3v) is 3.29. The van der Waals surface area contributed by atoms with Gasteiger partial charge in [-0.25, -0.2) is 0 Å². The van der Waals surface area contributed by atoms with Crippen LogP contribution < -0.4 is 10.5 Å². The van der Waals surface area contributed by atoms with Crippen LogP contribution in [0, 0.1) is 11.3 Å². The van der Waals surface area contributed by atoms with Crippen LogP contribution >= 0.6 is 11.6 Å². The molecule has 0 amide bonds. The van der Waals surface area contributed by atoms with Crippen molar-refractivity contribution >= 4 is 28.2 Å². The maximum absolute atomic E-state index is 9.14. The smallest absolute Gasteiger partial charge is 0.153 e. The van der Waals surface area contributed by atoms with Crippen LogP contribution in [0.2, 0.25) is 5.02 Å². The predicted octanol–water partition coefficient (Wildman–Crippen LogP) is 4.13. The number of anilines is 1. The summed E-state index contributed by atoms with van der Waals surface area (Å²) in [6.07, 6.45) is 1.66. The molecule has 0 spiro atoms. The fraction of sp³-hybridized carbons (Fsp3) is 0. The van der Waals surface area contributed by atoms with Gasteiger partial charge < -0.3 is 10.5 Å². The molecule has 0 saturated heterocycles. The fourth-order valence-corrected chi connectivity index (χ4v) is 2.20. The Bertz CT molecular complexity index is 871. The van der Waals surface area contributed by atoms with Gasteiger partial charge in [0.15, 0.2) is 5.75 Å². The number of rotatable bonds is 2. The second-order valence-electron chi connectivity index (χ2n) is 4.41. The second kappa shape index (κ2) is 5.31. The van der Waals surface area contributed by atoms with E-state index in [4.69, 9.17) is 27.3 Å². The highest BCUT2D eigenvalue weighted by molar-refractivity contribution is 6.30. The minimum Gasteiger partial charge on any atom is -0.454 e. The highest BCUT2D eigenvalue weighted by Crippen LogP contribution is 2.33. The SMILES string of the molecule is N#Cc1ccc(Cl)cc1Oc1ccc(N)c2cccnc12. The van der Waals surface area contributed by atoms with Crippen molar-refractivity contribution in [2.24, 2.45) is 0 Å². The summed E-state index contributed by atoms with van der Waals surface area (Å²) in [4.78, 5) is 4.30. The standard InChI is InChI=1S/C16H10ClN3O/c17-11-4-3-10(9-18)15(8-11)21-14-6-5-13(19)12-2-1-7-20-16(12)14/h1-8H,19H2. The fourth-order valence-electron chi connectivity index (χ4n) is 2.04. The summed E-state index contributed by atoms with van der Waals surface area (Å²) in [7, 11) is 0. The average molecular weight is 296 g/mol. The predicted molar refractivity (Wildman–Crippen MR) is 82.4 cm³/mol. The van der Waals surface area contributed by atoms with Crippen molar-refractivity contribution in [2.45, 2.75) is 0 Å². The Labute approximate surface area is 126 Å². The number of ether oxygens (including phenoxy) is 1. The molecule has 4 nitrogen and oxygen atoms in total. The Balaban J connectivity index is 2.13. The third kappa shape index (κ3) is 2.47. The van der Waals surface area contributed by atoms with Gasteiger partial charge in [0.1, 0.15) is 17.3 Å². The zero-order chi connectivity index (χ0) is 14.8. The summed E-state index contributed by atoms with van der Waals surface area (Å²) < 4.78 is 5.82. The van der Waals surface area contributed by atoms with Crippen LogP contribution in [-0.2, 0) is 0 Å². The second-order valence-corrected chi connectivity index (χ2v) is 4.84. The van der Waals surface area contributed by atoms with E-state index >= 15 is 0 Å². The summed E-state index contributed by atoms with van der Waals surface area (Å²) in [5, 5.41) is 10.4. The summed E-state index contributed by atoms with van der Waals surface area (Å²) in [5.74, 6) is 0.917. The van der Waals surface area contributed by atoms with Crippen molar-refractivity contribution in [3.05, 3.63) is 59.2 Å². The topological polar surface area (TPSA) is 71.9 Å². The number of hydrogen-bond acceptors (Lipinski definition) is 4. The summed E-state index contributed by atoms with van der Waals surface area (Å²) in [6, 6.07) is 14.1. The molecule has 21 heavy (non-hydrogen) atoms. The highest BCUT2D eigenvalue weighted by Gasteiger charge is 2.10. The van der Waals surface area contributed by atoms with Crippen LogP contribution in [0.15, 0.2) is 48.7 Å². The van der Waals surface area contributed by atoms with Gasteiger partial charge in [0.05, 0.1) is 5.56 Å². The Hall–Kier alpha value is -2.77. The van der Waals surface area contributed by atoms with E-state index in [1.54, 1.807) is 36.5 Å². The van der Waals surface area contributed by atoms with Crippen molar-refractivity contribution in [3.63, 3.8) is 0 Å². The first-order valence-electron chi connectivity index (χ1n) is 6.20. The van der Waals surface area contributed by atoms with Crippen molar-refractivity contribution in [1.29, 1.82) is 5.26 Å². The minimum atomic E-state index is 0.390. The summed E-state index contributed by atoms with van der Waals surface area (Å²) in [6.45, 7) is 0. The first kappa shape index (κ1) is 13.2. The van der Waals surface area contributed by atoms with Crippen LogP contribution in [-0.4, -0.2) is 4.98 Å². The molecule has 1 aromatic heterocycles. The number of nitrogens with two attached hydrogens (primary N) is 1. The van der Waals surface area contributed by atoms with Crippen molar-refractivity contribution in [2.75, 3.05) is 5.73 Å². The lowest BCUT2D eigenvalue weighted by molar-refractivity contribution is 0.485. The van der Waals surface area contributed by atoms with E-state index < -0.39 is 0 Å². The van der Waals surface area contributed by atoms with E-state index in [1.807, 2.05) is 12.1 Å². The Kier molecular flexibility index (Phi) is 3.35. The Morgan fingerprint density at radius 2 is 2.00 bits per heavy atom. The first-order chi connectivity index (χ1) is 10.2. The molecular formula is C16H10ClN3O. The summed E-state index contributed by atoms with van der Waals surface area (Å²) in [5.41, 5.74) is 7.60. The zero-order valence-corrected chi connectivity index (χ0v) is 11.6. The lowest BCUT2D eigenvalue weighted by atomic mass is 10.1. The molecule has 0 aliphatic rings. The monoisotopic (exact) mass is 295 g/mol. The van der Waals surface area contributed by atoms with Crippen molar-refractivity contribution < 1.29 is 4.74 Å². The normalized spacial score (nSPS) is 10.3. The molecule has 3 rings (SSSR count). The molecular weight excluding hydrogens is 286 g/mol. The largest absolute Gasteiger partial charge is 0.454 e. The van der Waals surface area contributed by atoms with E-state index in [9.17, 15) is 0 Å². The van der Waals surface area contributed by atoms with Gasteiger partial charge >= 0.3 is 0 Å². The van der Waals surface area contributed by atoms with Gasteiger partial charge in [-0.05, 0) is 36.4 Å². The minimum absolute atomic E-state index is 0.390. The molecule has 3 aromatic rings. The van der Waals surface area contributed by atoms with E-state index in [0.29, 0.717) is 33.3 Å². The molecule has 0 fully saturated rings. The number of nitrogens with zero attached hydrogens (tertiary/aromatic N) is 2. The third-order valence-electron chi connectivity index (χ3n) is 3.05. The molecule has 2 N–H and O–H groups in total. The van der Waals surface area contributed by atoms with Gasteiger partial charge in [-0.3, -0.25) is 4.98 Å². The Morgan fingerprint density at radius 1 is 1.14 bits per heavy atom. The molecule has 0 aliphatic carbocycles. The van der Waals surface area contributed by atoms with Gasteiger partial charge in [-0.2, -0.15) is 5.26 Å². The average Bonchev–Trinajstić information content (AvgIpc) is 2.51. The first-order valence-corrected chi connectivity index (χ1v) is 6.57. The lowest BCUT2D eigenvalue weighted by Crippen LogP contribution is -1.93. The number of nitriles is 1. The molecule has 0 aliphatic heterocycles. The lowest BCUT2D eigenvalue weighted by Gasteiger charge is -2.11. The number of pyridine rings is 1. The molecule has 0 bridgehead atoms. The number of fused-ring (bicyclic) bond motifs is 1. The zero-order valence-electron chi connectivity index (χ0n) is 10.9. The number of benzene rings is 2. The van der Waals surface area contributed by atoms with E-state index in [2.05, 4.69) is 11.1 Å². The van der Waals surface area contributed by atoms with Crippen LogP contribution in [0.4, 0.5) is 5.69 Å². The van der Waals surface area contributed by atoms with Gasteiger partial charge in [-0.15, -0.1) is 0 Å². The summed E-state index contributed by atoms with van der Waals surface area (Å²) >= 11 is 5.96. The quantitative estimate of drug-likeness (QED) is 0.721. The maximum Gasteiger partial charge on any atom is 0.153 e. The number of nitrogen functional groups attached to an aromatic ring is 1. The van der Waals surface area contributed by atoms with Crippen LogP contribution in [0.5, 0.6) is 11.5 Å². The van der Waals surface area contributed by atoms with Gasteiger partial charge in [0.25, 0.3) is 0 Å². The molecule has 102 valence electrons. The number of hydrogen-bond donors (Lipinski definition) is 1.